The van der Waals surface area contributed by atoms with Crippen molar-refractivity contribution in [2.45, 2.75) is 46.6 Å². The number of ketones is 1. The molecule has 0 aliphatic rings. The van der Waals surface area contributed by atoms with Gasteiger partial charge in [0.25, 0.3) is 0 Å². The molecule has 0 aromatic rings. The maximum absolute atomic E-state index is 11.4. The lowest BCUT2D eigenvalue weighted by Gasteiger charge is -2.23. The first-order chi connectivity index (χ1) is 5.99. The monoisotopic (exact) mass is 185 g/mol. The second kappa shape index (κ2) is 6.14. The van der Waals surface area contributed by atoms with Gasteiger partial charge in [-0.05, 0) is 32.9 Å². The number of hydrogen-bond donors (Lipinski definition) is 0. The summed E-state index contributed by atoms with van der Waals surface area (Å²) >= 11 is 0. The Hall–Kier alpha value is -0.370. The summed E-state index contributed by atoms with van der Waals surface area (Å²) in [5.74, 6) is 1.05. The van der Waals surface area contributed by atoms with E-state index in [4.69, 9.17) is 0 Å². The van der Waals surface area contributed by atoms with Crippen molar-refractivity contribution in [2.75, 3.05) is 13.6 Å². The van der Waals surface area contributed by atoms with Crippen molar-refractivity contribution in [2.24, 2.45) is 5.92 Å². The normalized spacial score (nSPS) is 13.8. The summed E-state index contributed by atoms with van der Waals surface area (Å²) in [5, 5.41) is 0. The third-order valence-corrected chi connectivity index (χ3v) is 2.53. The molecule has 0 spiro atoms. The van der Waals surface area contributed by atoms with Crippen molar-refractivity contribution in [1.29, 1.82) is 0 Å². The van der Waals surface area contributed by atoms with E-state index in [1.54, 1.807) is 0 Å². The number of rotatable bonds is 6. The number of Topliss-reactive ketones (excluding diaryl/α,β-unsaturated/α-hetero) is 1. The van der Waals surface area contributed by atoms with Crippen LogP contribution in [0.4, 0.5) is 0 Å². The van der Waals surface area contributed by atoms with Gasteiger partial charge in [-0.2, -0.15) is 0 Å². The van der Waals surface area contributed by atoms with Crippen LogP contribution < -0.4 is 0 Å². The van der Waals surface area contributed by atoms with Crippen LogP contribution in [-0.2, 0) is 4.79 Å². The fourth-order valence-electron chi connectivity index (χ4n) is 1.20. The molecule has 13 heavy (non-hydrogen) atoms. The molecule has 0 N–H and O–H groups in total. The van der Waals surface area contributed by atoms with Gasteiger partial charge in [0.05, 0.1) is 6.04 Å². The summed E-state index contributed by atoms with van der Waals surface area (Å²) in [6, 6.07) is 0.0868. The Bertz CT molecular complexity index is 154. The first-order valence-electron chi connectivity index (χ1n) is 5.22. The quantitative estimate of drug-likeness (QED) is 0.633. The van der Waals surface area contributed by atoms with Gasteiger partial charge in [-0.15, -0.1) is 0 Å². The van der Waals surface area contributed by atoms with Crippen LogP contribution in [0.1, 0.15) is 40.5 Å². The molecule has 0 aromatic heterocycles. The highest BCUT2D eigenvalue weighted by molar-refractivity contribution is 5.83. The number of carbonyl (C=O) groups is 1. The fraction of sp³-hybridized carbons (Fsp3) is 0.909. The van der Waals surface area contributed by atoms with Crippen LogP contribution in [-0.4, -0.2) is 30.3 Å². The number of hydrogen-bond acceptors (Lipinski definition) is 2. The molecule has 2 nitrogen and oxygen atoms in total. The van der Waals surface area contributed by atoms with Crippen molar-refractivity contribution < 1.29 is 4.79 Å². The Morgan fingerprint density at radius 3 is 2.23 bits per heavy atom. The van der Waals surface area contributed by atoms with Crippen LogP contribution >= 0.6 is 0 Å². The first kappa shape index (κ1) is 12.6. The van der Waals surface area contributed by atoms with Crippen molar-refractivity contribution in [1.82, 2.24) is 4.90 Å². The van der Waals surface area contributed by atoms with Gasteiger partial charge in [0.1, 0.15) is 5.78 Å². The van der Waals surface area contributed by atoms with Crippen molar-refractivity contribution >= 4 is 5.78 Å². The van der Waals surface area contributed by atoms with Gasteiger partial charge in [0.15, 0.2) is 0 Å². The molecule has 0 aliphatic carbocycles. The largest absolute Gasteiger partial charge is 0.298 e. The Kier molecular flexibility index (Phi) is 5.97. The maximum Gasteiger partial charge on any atom is 0.149 e. The smallest absolute Gasteiger partial charge is 0.149 e. The molecule has 0 aliphatic heterocycles. The van der Waals surface area contributed by atoms with Crippen molar-refractivity contribution in [3.8, 4) is 0 Å². The molecule has 1 atom stereocenters. The minimum absolute atomic E-state index is 0.0868. The molecule has 2 heteroatoms. The summed E-state index contributed by atoms with van der Waals surface area (Å²) in [5.41, 5.74) is 0. The summed E-state index contributed by atoms with van der Waals surface area (Å²) in [6.45, 7) is 9.35. The molecule has 0 fully saturated rings. The standard InChI is InChI=1S/C11H23NO/c1-6-11(13)10(4)12(5)8-7-9(2)3/h9-10H,6-8H2,1-5H3. The van der Waals surface area contributed by atoms with E-state index in [2.05, 4.69) is 18.7 Å². The zero-order valence-electron chi connectivity index (χ0n) is 9.63. The molecular weight excluding hydrogens is 162 g/mol. The minimum Gasteiger partial charge on any atom is -0.298 e. The first-order valence-corrected chi connectivity index (χ1v) is 5.22. The number of nitrogens with zero attached hydrogens (tertiary/aromatic N) is 1. The SMILES string of the molecule is CCC(=O)C(C)N(C)CCC(C)C. The van der Waals surface area contributed by atoms with Crippen LogP contribution in [0.2, 0.25) is 0 Å². The Balaban J connectivity index is 3.82. The highest BCUT2D eigenvalue weighted by atomic mass is 16.1. The minimum atomic E-state index is 0.0868. The lowest BCUT2D eigenvalue weighted by Crippen LogP contribution is -2.36. The maximum atomic E-state index is 11.4. The molecule has 0 saturated carbocycles. The van der Waals surface area contributed by atoms with E-state index in [-0.39, 0.29) is 6.04 Å². The van der Waals surface area contributed by atoms with E-state index < -0.39 is 0 Å². The van der Waals surface area contributed by atoms with E-state index in [9.17, 15) is 4.79 Å². The number of likely N-dealkylation sites (N-methyl/N-ethyl adjacent to an activating group) is 1. The molecule has 0 bridgehead atoms. The lowest BCUT2D eigenvalue weighted by atomic mass is 10.1. The summed E-state index contributed by atoms with van der Waals surface area (Å²) in [6.07, 6.45) is 1.81. The Labute approximate surface area is 82.3 Å². The molecule has 0 aromatic carbocycles. The second-order valence-electron chi connectivity index (χ2n) is 4.16. The molecule has 0 radical (unpaired) electrons. The third-order valence-electron chi connectivity index (χ3n) is 2.53. The Morgan fingerprint density at radius 2 is 1.85 bits per heavy atom. The van der Waals surface area contributed by atoms with Gasteiger partial charge in [-0.3, -0.25) is 9.69 Å². The van der Waals surface area contributed by atoms with E-state index >= 15 is 0 Å². The van der Waals surface area contributed by atoms with E-state index in [1.807, 2.05) is 20.9 Å². The van der Waals surface area contributed by atoms with Gasteiger partial charge in [-0.25, -0.2) is 0 Å². The predicted molar refractivity (Wildman–Crippen MR) is 56.8 cm³/mol. The van der Waals surface area contributed by atoms with Crippen LogP contribution in [0, 0.1) is 5.92 Å². The molecule has 0 saturated heterocycles. The van der Waals surface area contributed by atoms with Crippen LogP contribution in [0.25, 0.3) is 0 Å². The summed E-state index contributed by atoms with van der Waals surface area (Å²) in [7, 11) is 2.03. The van der Waals surface area contributed by atoms with E-state index in [0.29, 0.717) is 18.1 Å². The zero-order chi connectivity index (χ0) is 10.4. The van der Waals surface area contributed by atoms with E-state index in [1.165, 1.54) is 0 Å². The third kappa shape index (κ3) is 5.04. The molecule has 0 rings (SSSR count). The van der Waals surface area contributed by atoms with Crippen LogP contribution in [0.3, 0.4) is 0 Å². The molecule has 0 amide bonds. The zero-order valence-corrected chi connectivity index (χ0v) is 9.63. The van der Waals surface area contributed by atoms with Crippen molar-refractivity contribution in [3.05, 3.63) is 0 Å². The van der Waals surface area contributed by atoms with Gasteiger partial charge in [0.2, 0.25) is 0 Å². The van der Waals surface area contributed by atoms with Crippen LogP contribution in [0.15, 0.2) is 0 Å². The highest BCUT2D eigenvalue weighted by Gasteiger charge is 2.15. The Morgan fingerprint density at radius 1 is 1.31 bits per heavy atom. The average Bonchev–Trinajstić information content (AvgIpc) is 2.11. The molecule has 1 unspecified atom stereocenters. The van der Waals surface area contributed by atoms with E-state index in [0.717, 1.165) is 13.0 Å². The summed E-state index contributed by atoms with van der Waals surface area (Å²) in [4.78, 5) is 13.5. The lowest BCUT2D eigenvalue weighted by molar-refractivity contribution is -0.123. The number of carbonyl (C=O) groups excluding carboxylic acids is 1. The van der Waals surface area contributed by atoms with Gasteiger partial charge < -0.3 is 0 Å². The fourth-order valence-corrected chi connectivity index (χ4v) is 1.20. The highest BCUT2D eigenvalue weighted by Crippen LogP contribution is 2.05. The predicted octanol–water partition coefficient (Wildman–Crippen LogP) is 2.33. The average molecular weight is 185 g/mol. The van der Waals surface area contributed by atoms with Crippen LogP contribution in [0.5, 0.6) is 0 Å². The van der Waals surface area contributed by atoms with Gasteiger partial charge in [-0.1, -0.05) is 20.8 Å². The second-order valence-corrected chi connectivity index (χ2v) is 4.16. The molecular formula is C11H23NO. The molecule has 78 valence electrons. The summed E-state index contributed by atoms with van der Waals surface area (Å²) < 4.78 is 0. The van der Waals surface area contributed by atoms with Crippen molar-refractivity contribution in [3.63, 3.8) is 0 Å². The topological polar surface area (TPSA) is 20.3 Å². The molecule has 0 heterocycles. The van der Waals surface area contributed by atoms with Gasteiger partial charge in [0, 0.05) is 6.42 Å². The van der Waals surface area contributed by atoms with Gasteiger partial charge >= 0.3 is 0 Å².